The van der Waals surface area contributed by atoms with Gasteiger partial charge in [-0.1, -0.05) is 115 Å². The summed E-state index contributed by atoms with van der Waals surface area (Å²) in [5, 5.41) is 12.0. The number of ether oxygens (including phenoxy) is 10. The molecule has 3 aliphatic rings. The third kappa shape index (κ3) is 10.1. The molecule has 11 atom stereocenters. The van der Waals surface area contributed by atoms with Crippen LogP contribution in [0.15, 0.2) is 152 Å². The van der Waals surface area contributed by atoms with Crippen LogP contribution >= 0.6 is 0 Å². The number of esters is 3. The minimum atomic E-state index is -1.51. The quantitative estimate of drug-likeness (QED) is 0.105. The summed E-state index contributed by atoms with van der Waals surface area (Å²) in [5.41, 5.74) is 2.23. The van der Waals surface area contributed by atoms with Gasteiger partial charge < -0.3 is 52.5 Å². The topological polar surface area (TPSA) is 164 Å². The molecule has 3 saturated heterocycles. The van der Waals surface area contributed by atoms with Gasteiger partial charge in [-0.3, -0.25) is 0 Å². The van der Waals surface area contributed by atoms with Gasteiger partial charge >= 0.3 is 17.9 Å². The highest BCUT2D eigenvalue weighted by Gasteiger charge is 2.55. The van der Waals surface area contributed by atoms with Crippen LogP contribution in [-0.4, -0.2) is 105 Å². The number of hydrogen-bond donors (Lipinski definition) is 1. The Balaban J connectivity index is 1.08. The van der Waals surface area contributed by atoms with E-state index in [1.54, 1.807) is 91.0 Å². The molecule has 0 saturated carbocycles. The van der Waals surface area contributed by atoms with E-state index in [1.165, 1.54) is 7.11 Å². The molecule has 1 unspecified atom stereocenters. The number of hydrogen-bond acceptors (Lipinski definition) is 14. The molecule has 3 fully saturated rings. The van der Waals surface area contributed by atoms with Crippen LogP contribution in [0.2, 0.25) is 0 Å². The minimum Gasteiger partial charge on any atom is -0.452 e. The molecule has 14 heteroatoms. The summed E-state index contributed by atoms with van der Waals surface area (Å²) in [5.74, 6) is -2.36. The summed E-state index contributed by atoms with van der Waals surface area (Å²) >= 11 is 0. The van der Waals surface area contributed by atoms with E-state index in [0.717, 1.165) is 11.1 Å². The lowest BCUT2D eigenvalue weighted by molar-refractivity contribution is -0.372. The maximum atomic E-state index is 13.8. The van der Waals surface area contributed by atoms with E-state index in [4.69, 9.17) is 47.4 Å². The van der Waals surface area contributed by atoms with Gasteiger partial charge in [-0.15, -0.1) is 0 Å². The predicted molar refractivity (Wildman–Crippen MR) is 218 cm³/mol. The molecule has 3 heterocycles. The molecular formula is C48H46O14. The lowest BCUT2D eigenvalue weighted by Gasteiger charge is -2.48. The molecule has 62 heavy (non-hydrogen) atoms. The van der Waals surface area contributed by atoms with Crippen LogP contribution in [0.1, 0.15) is 48.5 Å². The maximum Gasteiger partial charge on any atom is 0.338 e. The standard InChI is InChI=1S/C48H46O14/c1-53-48-42(61-45(52)33-23-13-5-14-24-33)41(60-44(51)32-21-11-4-12-22-32)39(59-43(50)31-19-9-3-10-20-31)36(58-48)29-56-47-37(49)40(54-27-30-17-7-2-8-18-30)38-35(57-47)28-55-46(62-38)34-25-15-6-16-26-34/h2-26,35-42,46-49H,27-29H2,1H3/t35-,36-,37+,38-,39-,40-,41+,42-,46?,47-,48+/m1/s1. The third-order valence-corrected chi connectivity index (χ3v) is 10.7. The Hall–Kier alpha value is -5.81. The molecule has 0 aliphatic carbocycles. The fourth-order valence-electron chi connectivity index (χ4n) is 7.53. The predicted octanol–water partition coefficient (Wildman–Crippen LogP) is 5.84. The van der Waals surface area contributed by atoms with E-state index >= 15 is 0 Å². The Morgan fingerprint density at radius 2 is 1.06 bits per heavy atom. The summed E-state index contributed by atoms with van der Waals surface area (Å²) in [6.45, 7) is -0.184. The van der Waals surface area contributed by atoms with E-state index < -0.39 is 92.2 Å². The number of carbonyl (C=O) groups excluding carboxylic acids is 3. The van der Waals surface area contributed by atoms with Crippen LogP contribution in [0.4, 0.5) is 0 Å². The molecule has 0 bridgehead atoms. The van der Waals surface area contributed by atoms with Crippen LogP contribution in [0.25, 0.3) is 0 Å². The van der Waals surface area contributed by atoms with Crippen LogP contribution in [0.3, 0.4) is 0 Å². The second-order valence-corrected chi connectivity index (χ2v) is 14.8. The van der Waals surface area contributed by atoms with Crippen molar-refractivity contribution < 1.29 is 66.9 Å². The zero-order valence-electron chi connectivity index (χ0n) is 33.7. The fourth-order valence-corrected chi connectivity index (χ4v) is 7.53. The first-order valence-electron chi connectivity index (χ1n) is 20.3. The SMILES string of the molecule is CO[C@H]1O[C@H](CO[C@@H]2O[C@@H]3COC(c4ccccc4)O[C@H]3[C@H](OCc3ccccc3)[C@@H]2O)[C@@H](OC(=O)c2ccccc2)[C@H](OC(=O)c2ccccc2)[C@H]1OC(=O)c1ccccc1. The first kappa shape index (κ1) is 42.9. The molecule has 14 nitrogen and oxygen atoms in total. The first-order valence-corrected chi connectivity index (χ1v) is 20.3. The van der Waals surface area contributed by atoms with Gasteiger partial charge in [-0.2, -0.15) is 0 Å². The number of benzene rings is 5. The van der Waals surface area contributed by atoms with Crippen molar-refractivity contribution >= 4 is 17.9 Å². The van der Waals surface area contributed by atoms with Gasteiger partial charge in [0.1, 0.15) is 30.5 Å². The number of carbonyl (C=O) groups is 3. The van der Waals surface area contributed by atoms with Gasteiger partial charge in [0.25, 0.3) is 0 Å². The van der Waals surface area contributed by atoms with Crippen molar-refractivity contribution in [2.24, 2.45) is 0 Å². The molecule has 322 valence electrons. The highest BCUT2D eigenvalue weighted by Crippen LogP contribution is 2.37. The monoisotopic (exact) mass is 846 g/mol. The Bertz CT molecular complexity index is 2200. The van der Waals surface area contributed by atoms with Crippen molar-refractivity contribution in [3.05, 3.63) is 179 Å². The van der Waals surface area contributed by atoms with Crippen LogP contribution in [0.5, 0.6) is 0 Å². The maximum absolute atomic E-state index is 13.8. The lowest BCUT2D eigenvalue weighted by atomic mass is 9.96. The molecule has 8 rings (SSSR count). The van der Waals surface area contributed by atoms with Crippen molar-refractivity contribution in [1.82, 2.24) is 0 Å². The molecule has 5 aromatic rings. The largest absolute Gasteiger partial charge is 0.452 e. The summed E-state index contributed by atoms with van der Waals surface area (Å²) < 4.78 is 61.9. The number of rotatable bonds is 14. The normalized spacial score (nSPS) is 28.2. The van der Waals surface area contributed by atoms with Gasteiger partial charge in [-0.25, -0.2) is 14.4 Å². The number of aliphatic hydroxyl groups excluding tert-OH is 1. The van der Waals surface area contributed by atoms with Gasteiger partial charge in [0.15, 0.2) is 37.2 Å². The lowest BCUT2D eigenvalue weighted by Crippen LogP contribution is -2.65. The smallest absolute Gasteiger partial charge is 0.338 e. The molecule has 0 amide bonds. The molecule has 3 aliphatic heterocycles. The van der Waals surface area contributed by atoms with Crippen molar-refractivity contribution in [3.8, 4) is 0 Å². The van der Waals surface area contributed by atoms with Gasteiger partial charge in [0, 0.05) is 12.7 Å². The zero-order valence-corrected chi connectivity index (χ0v) is 33.7. The molecule has 0 aromatic heterocycles. The average molecular weight is 847 g/mol. The highest BCUT2D eigenvalue weighted by atomic mass is 16.8. The van der Waals surface area contributed by atoms with E-state index in [0.29, 0.717) is 0 Å². The second kappa shape index (κ2) is 20.4. The van der Waals surface area contributed by atoms with Crippen LogP contribution in [-0.2, 0) is 54.0 Å². The van der Waals surface area contributed by atoms with E-state index in [9.17, 15) is 19.5 Å². The van der Waals surface area contributed by atoms with Gasteiger partial charge in [-0.05, 0) is 42.0 Å². The molecule has 0 radical (unpaired) electrons. The second-order valence-electron chi connectivity index (χ2n) is 14.8. The molecular weight excluding hydrogens is 801 g/mol. The van der Waals surface area contributed by atoms with Crippen molar-refractivity contribution in [2.45, 2.75) is 74.3 Å². The van der Waals surface area contributed by atoms with E-state index in [2.05, 4.69) is 0 Å². The number of fused-ring (bicyclic) bond motifs is 1. The zero-order chi connectivity index (χ0) is 42.8. The average Bonchev–Trinajstić information content (AvgIpc) is 3.33. The Morgan fingerprint density at radius 1 is 0.565 bits per heavy atom. The number of methoxy groups -OCH3 is 1. The van der Waals surface area contributed by atoms with Gasteiger partial charge in [0.2, 0.25) is 0 Å². The molecule has 5 aromatic carbocycles. The van der Waals surface area contributed by atoms with E-state index in [1.807, 2.05) is 60.7 Å². The van der Waals surface area contributed by atoms with Crippen molar-refractivity contribution in [2.75, 3.05) is 20.3 Å². The van der Waals surface area contributed by atoms with Gasteiger partial charge in [0.05, 0.1) is 36.5 Å². The molecule has 1 N–H and O–H groups in total. The van der Waals surface area contributed by atoms with Crippen LogP contribution < -0.4 is 0 Å². The number of aliphatic hydroxyl groups is 1. The first-order chi connectivity index (χ1) is 30.4. The van der Waals surface area contributed by atoms with E-state index in [-0.39, 0.29) is 29.9 Å². The Morgan fingerprint density at radius 3 is 1.61 bits per heavy atom. The highest BCUT2D eigenvalue weighted by molar-refractivity contribution is 5.91. The summed E-state index contributed by atoms with van der Waals surface area (Å²) in [6, 6.07) is 43.5. The fraction of sp³-hybridized carbons (Fsp3) is 0.312. The third-order valence-electron chi connectivity index (χ3n) is 10.7. The minimum absolute atomic E-state index is 0.0803. The Labute approximate surface area is 358 Å². The van der Waals surface area contributed by atoms with Crippen molar-refractivity contribution in [1.29, 1.82) is 0 Å². The summed E-state index contributed by atoms with van der Waals surface area (Å²) in [7, 11) is 1.33. The Kier molecular flexibility index (Phi) is 14.1. The summed E-state index contributed by atoms with van der Waals surface area (Å²) in [4.78, 5) is 41.2. The van der Waals surface area contributed by atoms with Crippen LogP contribution in [0, 0.1) is 0 Å². The summed E-state index contributed by atoms with van der Waals surface area (Å²) in [6.07, 6.45) is -13.0. The van der Waals surface area contributed by atoms with Crippen molar-refractivity contribution in [3.63, 3.8) is 0 Å². The molecule has 0 spiro atoms.